The van der Waals surface area contributed by atoms with Crippen LogP contribution < -0.4 is 11.1 Å². The Morgan fingerprint density at radius 3 is 2.81 bits per heavy atom. The van der Waals surface area contributed by atoms with Crippen molar-refractivity contribution >= 4 is 11.3 Å². The summed E-state index contributed by atoms with van der Waals surface area (Å²) in [6.07, 6.45) is 4.34. The number of hydrogen-bond acceptors (Lipinski definition) is 4. The van der Waals surface area contributed by atoms with Crippen LogP contribution in [0.4, 0.5) is 0 Å². The van der Waals surface area contributed by atoms with Crippen LogP contribution in [-0.4, -0.2) is 18.1 Å². The highest BCUT2D eigenvalue weighted by atomic mass is 32.1. The second-order valence-electron chi connectivity index (χ2n) is 4.33. The first-order chi connectivity index (χ1) is 7.67. The molecule has 4 heteroatoms. The second kappa shape index (κ2) is 6.99. The van der Waals surface area contributed by atoms with E-state index in [-0.39, 0.29) is 0 Å². The number of hydrogen-bond donors (Lipinski definition) is 2. The van der Waals surface area contributed by atoms with E-state index in [0.29, 0.717) is 12.0 Å². The number of aromatic nitrogens is 1. The van der Waals surface area contributed by atoms with Crippen molar-refractivity contribution in [1.82, 2.24) is 10.3 Å². The molecule has 0 saturated carbocycles. The zero-order valence-corrected chi connectivity index (χ0v) is 11.3. The smallest absolute Gasteiger partial charge is 0.109 e. The highest BCUT2D eigenvalue weighted by molar-refractivity contribution is 7.11. The van der Waals surface area contributed by atoms with Gasteiger partial charge in [0.15, 0.2) is 0 Å². The number of rotatable bonds is 7. The Hall–Kier alpha value is -0.450. The second-order valence-corrected chi connectivity index (χ2v) is 5.60. The van der Waals surface area contributed by atoms with Gasteiger partial charge in [-0.05, 0) is 39.3 Å². The normalized spacial score (nSPS) is 15.0. The number of nitrogens with one attached hydrogen (secondary N) is 1. The van der Waals surface area contributed by atoms with E-state index < -0.39 is 0 Å². The molecule has 1 aromatic heterocycles. The van der Waals surface area contributed by atoms with Crippen molar-refractivity contribution in [3.8, 4) is 0 Å². The van der Waals surface area contributed by atoms with Crippen molar-refractivity contribution in [2.45, 2.75) is 39.7 Å². The third-order valence-electron chi connectivity index (χ3n) is 2.75. The number of nitrogens with two attached hydrogens (primary N) is 1. The summed E-state index contributed by atoms with van der Waals surface area (Å²) in [5.41, 5.74) is 5.73. The Labute approximate surface area is 102 Å². The number of nitrogens with zero attached hydrogens (tertiary/aromatic N) is 1. The molecule has 2 atom stereocenters. The standard InChI is InChI=1S/C12H23N3S/c1-4-5-11(6-13)8-14-10(3)12-15-7-9(2)16-12/h7,10-11,14H,4-6,8,13H2,1-3H3. The summed E-state index contributed by atoms with van der Waals surface area (Å²) in [4.78, 5) is 5.66. The van der Waals surface area contributed by atoms with E-state index in [2.05, 4.69) is 31.1 Å². The minimum atomic E-state index is 0.338. The summed E-state index contributed by atoms with van der Waals surface area (Å²) in [5, 5.41) is 4.69. The fourth-order valence-electron chi connectivity index (χ4n) is 1.71. The monoisotopic (exact) mass is 241 g/mol. The Morgan fingerprint density at radius 2 is 2.31 bits per heavy atom. The predicted molar refractivity (Wildman–Crippen MR) is 70.7 cm³/mol. The van der Waals surface area contributed by atoms with Gasteiger partial charge >= 0.3 is 0 Å². The molecule has 0 saturated heterocycles. The van der Waals surface area contributed by atoms with Gasteiger partial charge in [-0.2, -0.15) is 0 Å². The fourth-order valence-corrected chi connectivity index (χ4v) is 2.52. The Kier molecular flexibility index (Phi) is 5.95. The van der Waals surface area contributed by atoms with Gasteiger partial charge in [0.2, 0.25) is 0 Å². The lowest BCUT2D eigenvalue weighted by atomic mass is 10.0. The van der Waals surface area contributed by atoms with E-state index in [4.69, 9.17) is 5.73 Å². The van der Waals surface area contributed by atoms with Crippen molar-refractivity contribution in [3.05, 3.63) is 16.1 Å². The van der Waals surface area contributed by atoms with Crippen molar-refractivity contribution in [1.29, 1.82) is 0 Å². The van der Waals surface area contributed by atoms with Gasteiger partial charge in [0.05, 0.1) is 6.04 Å². The third kappa shape index (κ3) is 4.20. The van der Waals surface area contributed by atoms with Gasteiger partial charge in [-0.1, -0.05) is 13.3 Å². The van der Waals surface area contributed by atoms with E-state index in [9.17, 15) is 0 Å². The van der Waals surface area contributed by atoms with Gasteiger partial charge in [-0.15, -0.1) is 11.3 Å². The molecule has 3 N–H and O–H groups in total. The first-order valence-electron chi connectivity index (χ1n) is 6.03. The van der Waals surface area contributed by atoms with Crippen molar-refractivity contribution in [2.24, 2.45) is 11.7 Å². The molecule has 1 rings (SSSR count). The summed E-state index contributed by atoms with van der Waals surface area (Å²) in [6, 6.07) is 0.338. The maximum atomic E-state index is 5.73. The van der Waals surface area contributed by atoms with Crippen LogP contribution in [0.5, 0.6) is 0 Å². The lowest BCUT2D eigenvalue weighted by molar-refractivity contribution is 0.423. The topological polar surface area (TPSA) is 50.9 Å². The number of aryl methyl sites for hydroxylation is 1. The van der Waals surface area contributed by atoms with Gasteiger partial charge in [-0.3, -0.25) is 0 Å². The van der Waals surface area contributed by atoms with E-state index >= 15 is 0 Å². The summed E-state index contributed by atoms with van der Waals surface area (Å²) in [6.45, 7) is 8.22. The molecule has 0 amide bonds. The quantitative estimate of drug-likeness (QED) is 0.771. The van der Waals surface area contributed by atoms with Crippen LogP contribution in [0.3, 0.4) is 0 Å². The average molecular weight is 241 g/mol. The van der Waals surface area contributed by atoms with Crippen LogP contribution in [0.15, 0.2) is 6.20 Å². The summed E-state index contributed by atoms with van der Waals surface area (Å²) in [7, 11) is 0. The minimum absolute atomic E-state index is 0.338. The SMILES string of the molecule is CCCC(CN)CNC(C)c1ncc(C)s1. The molecule has 0 aliphatic carbocycles. The van der Waals surface area contributed by atoms with Gasteiger partial charge in [0.1, 0.15) is 5.01 Å². The molecule has 0 bridgehead atoms. The summed E-state index contributed by atoms with van der Waals surface area (Å²) in [5.74, 6) is 0.591. The highest BCUT2D eigenvalue weighted by Crippen LogP contribution is 2.19. The molecular weight excluding hydrogens is 218 g/mol. The molecule has 0 aliphatic rings. The van der Waals surface area contributed by atoms with Gasteiger partial charge in [0, 0.05) is 11.1 Å². The number of thiazole rings is 1. The van der Waals surface area contributed by atoms with Crippen molar-refractivity contribution in [2.75, 3.05) is 13.1 Å². The van der Waals surface area contributed by atoms with E-state index in [1.165, 1.54) is 22.7 Å². The van der Waals surface area contributed by atoms with E-state index in [1.54, 1.807) is 11.3 Å². The van der Waals surface area contributed by atoms with Gasteiger partial charge in [-0.25, -0.2) is 4.98 Å². The van der Waals surface area contributed by atoms with Gasteiger partial charge in [0.25, 0.3) is 0 Å². The fraction of sp³-hybridized carbons (Fsp3) is 0.750. The van der Waals surface area contributed by atoms with Gasteiger partial charge < -0.3 is 11.1 Å². The average Bonchev–Trinajstić information content (AvgIpc) is 2.70. The summed E-state index contributed by atoms with van der Waals surface area (Å²) >= 11 is 1.76. The van der Waals surface area contributed by atoms with Crippen LogP contribution in [0.1, 0.15) is 42.6 Å². The highest BCUT2D eigenvalue weighted by Gasteiger charge is 2.11. The molecule has 1 heterocycles. The van der Waals surface area contributed by atoms with E-state index in [1.807, 2.05) is 6.20 Å². The van der Waals surface area contributed by atoms with Crippen LogP contribution in [0.25, 0.3) is 0 Å². The summed E-state index contributed by atoms with van der Waals surface area (Å²) < 4.78 is 0. The lowest BCUT2D eigenvalue weighted by Gasteiger charge is -2.17. The van der Waals surface area contributed by atoms with Crippen LogP contribution >= 0.6 is 11.3 Å². The molecule has 2 unspecified atom stereocenters. The van der Waals surface area contributed by atoms with Crippen LogP contribution in [-0.2, 0) is 0 Å². The first kappa shape index (κ1) is 13.6. The molecular formula is C12H23N3S. The maximum Gasteiger partial charge on any atom is 0.109 e. The first-order valence-corrected chi connectivity index (χ1v) is 6.84. The molecule has 0 aliphatic heterocycles. The third-order valence-corrected chi connectivity index (χ3v) is 3.85. The minimum Gasteiger partial charge on any atom is -0.330 e. The molecule has 0 aromatic carbocycles. The van der Waals surface area contributed by atoms with Crippen LogP contribution in [0, 0.1) is 12.8 Å². The lowest BCUT2D eigenvalue weighted by Crippen LogP contribution is -2.30. The molecule has 0 fully saturated rings. The van der Waals surface area contributed by atoms with E-state index in [0.717, 1.165) is 13.1 Å². The van der Waals surface area contributed by atoms with Crippen molar-refractivity contribution < 1.29 is 0 Å². The largest absolute Gasteiger partial charge is 0.330 e. The maximum absolute atomic E-state index is 5.73. The molecule has 16 heavy (non-hydrogen) atoms. The van der Waals surface area contributed by atoms with Crippen LogP contribution in [0.2, 0.25) is 0 Å². The zero-order chi connectivity index (χ0) is 12.0. The molecule has 1 aromatic rings. The Morgan fingerprint density at radius 1 is 1.56 bits per heavy atom. The van der Waals surface area contributed by atoms with Crippen molar-refractivity contribution in [3.63, 3.8) is 0 Å². The molecule has 0 spiro atoms. The zero-order valence-electron chi connectivity index (χ0n) is 10.5. The molecule has 0 radical (unpaired) electrons. The Balaban J connectivity index is 2.36. The predicted octanol–water partition coefficient (Wildman–Crippen LogP) is 2.48. The molecule has 92 valence electrons. The Bertz CT molecular complexity index is 298. The molecule has 3 nitrogen and oxygen atoms in total.